The molecule has 10 aromatic carbocycles. The summed E-state index contributed by atoms with van der Waals surface area (Å²) in [5, 5.41) is 7.05. The number of fused-ring (bicyclic) bond motifs is 6. The first-order valence-corrected chi connectivity index (χ1v) is 19.8. The molecule has 0 atom stereocenters. The molecule has 1 aromatic heterocycles. The number of hydrogen-bond acceptors (Lipinski definition) is 2. The lowest BCUT2D eigenvalue weighted by molar-refractivity contribution is 0.669. The van der Waals surface area contributed by atoms with Gasteiger partial charge in [-0.05, 0) is 115 Å². The Morgan fingerprint density at radius 1 is 0.310 bits per heavy atom. The van der Waals surface area contributed by atoms with Gasteiger partial charge in [0.05, 0.1) is 5.69 Å². The van der Waals surface area contributed by atoms with Gasteiger partial charge in [0.25, 0.3) is 0 Å². The van der Waals surface area contributed by atoms with Crippen molar-refractivity contribution in [3.63, 3.8) is 0 Å². The van der Waals surface area contributed by atoms with Gasteiger partial charge in [0, 0.05) is 27.7 Å². The summed E-state index contributed by atoms with van der Waals surface area (Å²) in [4.78, 5) is 2.45. The highest BCUT2D eigenvalue weighted by molar-refractivity contribution is 6.22. The summed E-state index contributed by atoms with van der Waals surface area (Å²) in [6.45, 7) is 0. The fourth-order valence-corrected chi connectivity index (χ4v) is 8.72. The van der Waals surface area contributed by atoms with E-state index in [0.29, 0.717) is 0 Å². The highest BCUT2D eigenvalue weighted by Gasteiger charge is 2.25. The second kappa shape index (κ2) is 14.1. The fraction of sp³-hybridized carbons (Fsp3) is 0. The molecule has 1 heterocycles. The summed E-state index contributed by atoms with van der Waals surface area (Å²) in [5.41, 5.74) is 14.2. The molecule has 272 valence electrons. The van der Waals surface area contributed by atoms with E-state index in [1.54, 1.807) is 0 Å². The van der Waals surface area contributed by atoms with Gasteiger partial charge in [-0.25, -0.2) is 0 Å². The zero-order chi connectivity index (χ0) is 38.4. The molecule has 2 heteroatoms. The van der Waals surface area contributed by atoms with E-state index in [-0.39, 0.29) is 0 Å². The lowest BCUT2D eigenvalue weighted by Crippen LogP contribution is -2.12. The Labute approximate surface area is 337 Å². The molecule has 0 aliphatic carbocycles. The van der Waals surface area contributed by atoms with E-state index in [1.807, 2.05) is 0 Å². The summed E-state index contributed by atoms with van der Waals surface area (Å²) in [5.74, 6) is 0. The Balaban J connectivity index is 1.26. The Morgan fingerprint density at radius 3 is 1.48 bits per heavy atom. The highest BCUT2D eigenvalue weighted by atomic mass is 16.3. The Hall–Kier alpha value is -7.68. The summed E-state index contributed by atoms with van der Waals surface area (Å²) in [7, 11) is 0. The van der Waals surface area contributed by atoms with Gasteiger partial charge >= 0.3 is 0 Å². The summed E-state index contributed by atoms with van der Waals surface area (Å²) < 4.78 is 6.66. The van der Waals surface area contributed by atoms with Crippen molar-refractivity contribution in [1.29, 1.82) is 0 Å². The molecule has 0 spiro atoms. The first-order valence-electron chi connectivity index (χ1n) is 19.8. The molecule has 0 amide bonds. The van der Waals surface area contributed by atoms with Gasteiger partial charge in [-0.1, -0.05) is 170 Å². The van der Waals surface area contributed by atoms with Crippen LogP contribution in [0.1, 0.15) is 0 Å². The van der Waals surface area contributed by atoms with Crippen molar-refractivity contribution in [3.8, 4) is 44.5 Å². The van der Waals surface area contributed by atoms with Crippen LogP contribution in [0.25, 0.3) is 88.0 Å². The van der Waals surface area contributed by atoms with E-state index >= 15 is 0 Å². The molecule has 0 aliphatic heterocycles. The zero-order valence-electron chi connectivity index (χ0n) is 31.7. The standard InChI is InChI=1S/C56H37NO/c1-4-16-38(17-5-1)41-28-30-45(31-29-41)57(46-35-43(39-18-6-2-7-19-39)34-44(36-46)40-20-8-3-9-21-40)52-32-33-54-56(50-26-14-15-27-53(50)58-54)55(52)51-37-42-22-10-11-23-47(42)48-24-12-13-25-49(48)51/h1-37H. The summed E-state index contributed by atoms with van der Waals surface area (Å²) in [6.07, 6.45) is 0. The molecule has 0 N–H and O–H groups in total. The third-order valence-electron chi connectivity index (χ3n) is 11.4. The third-order valence-corrected chi connectivity index (χ3v) is 11.4. The normalized spacial score (nSPS) is 11.4. The van der Waals surface area contributed by atoms with Crippen LogP contribution >= 0.6 is 0 Å². The van der Waals surface area contributed by atoms with Gasteiger partial charge in [0.2, 0.25) is 0 Å². The van der Waals surface area contributed by atoms with Crippen molar-refractivity contribution in [3.05, 3.63) is 224 Å². The average Bonchev–Trinajstić information content (AvgIpc) is 3.69. The fourth-order valence-electron chi connectivity index (χ4n) is 8.72. The molecule has 0 aliphatic rings. The average molecular weight is 740 g/mol. The SMILES string of the molecule is c1ccc(-c2ccc(N(c3cc(-c4ccccc4)cc(-c4ccccc4)c3)c3ccc4oc5ccccc5c4c3-c3cc4ccccc4c4ccccc34)cc2)cc1. The van der Waals surface area contributed by atoms with Crippen LogP contribution in [-0.2, 0) is 0 Å². The van der Waals surface area contributed by atoms with Crippen LogP contribution in [0.5, 0.6) is 0 Å². The van der Waals surface area contributed by atoms with Gasteiger partial charge in [-0.2, -0.15) is 0 Å². The minimum atomic E-state index is 0.861. The van der Waals surface area contributed by atoms with Crippen LogP contribution in [-0.4, -0.2) is 0 Å². The third kappa shape index (κ3) is 5.82. The molecule has 2 nitrogen and oxygen atoms in total. The number of nitrogens with zero attached hydrogens (tertiary/aromatic N) is 1. The second-order valence-corrected chi connectivity index (χ2v) is 14.9. The highest BCUT2D eigenvalue weighted by Crippen LogP contribution is 2.50. The van der Waals surface area contributed by atoms with Crippen molar-refractivity contribution in [1.82, 2.24) is 0 Å². The zero-order valence-corrected chi connectivity index (χ0v) is 31.7. The maximum Gasteiger partial charge on any atom is 0.136 e. The number of anilines is 3. The van der Waals surface area contributed by atoms with Crippen LogP contribution in [0.3, 0.4) is 0 Å². The van der Waals surface area contributed by atoms with Crippen LogP contribution in [0.4, 0.5) is 17.1 Å². The molecular weight excluding hydrogens is 703 g/mol. The minimum absolute atomic E-state index is 0.861. The first kappa shape index (κ1) is 33.6. The maximum absolute atomic E-state index is 6.66. The van der Waals surface area contributed by atoms with Crippen molar-refractivity contribution in [2.24, 2.45) is 0 Å². The molecule has 0 radical (unpaired) electrons. The molecule has 11 rings (SSSR count). The van der Waals surface area contributed by atoms with Crippen LogP contribution < -0.4 is 4.90 Å². The van der Waals surface area contributed by atoms with Crippen molar-refractivity contribution < 1.29 is 4.42 Å². The van der Waals surface area contributed by atoms with E-state index < -0.39 is 0 Å². The summed E-state index contributed by atoms with van der Waals surface area (Å²) in [6, 6.07) is 80.8. The number of hydrogen-bond donors (Lipinski definition) is 0. The maximum atomic E-state index is 6.66. The van der Waals surface area contributed by atoms with E-state index in [4.69, 9.17) is 4.42 Å². The largest absolute Gasteiger partial charge is 0.456 e. The predicted octanol–water partition coefficient (Wildman–Crippen LogP) is 16.0. The molecule has 11 aromatic rings. The van der Waals surface area contributed by atoms with E-state index in [1.165, 1.54) is 32.7 Å². The van der Waals surface area contributed by atoms with Crippen molar-refractivity contribution in [2.45, 2.75) is 0 Å². The van der Waals surface area contributed by atoms with Gasteiger partial charge in [0.15, 0.2) is 0 Å². The van der Waals surface area contributed by atoms with E-state index in [2.05, 4.69) is 229 Å². The smallest absolute Gasteiger partial charge is 0.136 e. The Bertz CT molecular complexity index is 3200. The van der Waals surface area contributed by atoms with Gasteiger partial charge in [-0.15, -0.1) is 0 Å². The van der Waals surface area contributed by atoms with E-state index in [9.17, 15) is 0 Å². The monoisotopic (exact) mass is 739 g/mol. The topological polar surface area (TPSA) is 16.4 Å². The number of furan rings is 1. The van der Waals surface area contributed by atoms with Crippen LogP contribution in [0.2, 0.25) is 0 Å². The molecular formula is C56H37NO. The van der Waals surface area contributed by atoms with Crippen molar-refractivity contribution >= 4 is 60.5 Å². The van der Waals surface area contributed by atoms with Crippen LogP contribution in [0.15, 0.2) is 229 Å². The lowest BCUT2D eigenvalue weighted by atomic mass is 9.89. The van der Waals surface area contributed by atoms with Gasteiger partial charge < -0.3 is 9.32 Å². The summed E-state index contributed by atoms with van der Waals surface area (Å²) >= 11 is 0. The lowest BCUT2D eigenvalue weighted by Gasteiger charge is -2.30. The molecule has 0 saturated heterocycles. The van der Waals surface area contributed by atoms with Crippen LogP contribution in [0, 0.1) is 0 Å². The molecule has 0 saturated carbocycles. The first-order chi connectivity index (χ1) is 28.8. The van der Waals surface area contributed by atoms with Crippen molar-refractivity contribution in [2.75, 3.05) is 4.90 Å². The number of para-hydroxylation sites is 1. The van der Waals surface area contributed by atoms with E-state index in [0.717, 1.165) is 72.4 Å². The number of rotatable bonds is 7. The molecule has 0 fully saturated rings. The Kier molecular flexibility index (Phi) is 8.19. The minimum Gasteiger partial charge on any atom is -0.456 e. The van der Waals surface area contributed by atoms with Gasteiger partial charge in [-0.3, -0.25) is 0 Å². The molecule has 58 heavy (non-hydrogen) atoms. The second-order valence-electron chi connectivity index (χ2n) is 14.9. The van der Waals surface area contributed by atoms with Gasteiger partial charge in [0.1, 0.15) is 11.2 Å². The molecule has 0 unspecified atom stereocenters. The predicted molar refractivity (Wildman–Crippen MR) is 245 cm³/mol. The quantitative estimate of drug-likeness (QED) is 0.151. The molecule has 0 bridgehead atoms. The number of benzene rings is 10. The Morgan fingerprint density at radius 2 is 0.828 bits per heavy atom.